The van der Waals surface area contributed by atoms with Gasteiger partial charge in [0.15, 0.2) is 5.96 Å². The molecule has 25 heavy (non-hydrogen) atoms. The topological polar surface area (TPSA) is 64.1 Å². The summed E-state index contributed by atoms with van der Waals surface area (Å²) in [6, 6.07) is 8.00. The van der Waals surface area contributed by atoms with Gasteiger partial charge < -0.3 is 24.8 Å². The summed E-state index contributed by atoms with van der Waals surface area (Å²) in [5, 5.41) is 6.43. The van der Waals surface area contributed by atoms with Crippen LogP contribution in [0.15, 0.2) is 29.3 Å². The van der Waals surface area contributed by atoms with Gasteiger partial charge in [-0.1, -0.05) is 31.5 Å². The first kappa shape index (κ1) is 21.3. The Kier molecular flexibility index (Phi) is 12.4. The van der Waals surface area contributed by atoms with E-state index in [2.05, 4.69) is 22.5 Å². The van der Waals surface area contributed by atoms with Crippen molar-refractivity contribution in [3.63, 3.8) is 0 Å². The van der Waals surface area contributed by atoms with E-state index in [9.17, 15) is 0 Å². The first-order chi connectivity index (χ1) is 12.3. The molecule has 0 amide bonds. The summed E-state index contributed by atoms with van der Waals surface area (Å²) in [6.07, 6.45) is 2.27. The molecule has 6 heteroatoms. The number of hydrogen-bond donors (Lipinski definition) is 2. The number of para-hydroxylation sites is 1. The van der Waals surface area contributed by atoms with Crippen LogP contribution in [0.4, 0.5) is 0 Å². The number of ether oxygens (including phenoxy) is 3. The molecule has 1 rings (SSSR count). The highest BCUT2D eigenvalue weighted by Gasteiger charge is 1.99. The van der Waals surface area contributed by atoms with Crippen molar-refractivity contribution in [2.45, 2.75) is 26.7 Å². The van der Waals surface area contributed by atoms with Gasteiger partial charge in [0, 0.05) is 20.2 Å². The van der Waals surface area contributed by atoms with Gasteiger partial charge >= 0.3 is 0 Å². The molecule has 1 aromatic carbocycles. The maximum Gasteiger partial charge on any atom is 0.191 e. The van der Waals surface area contributed by atoms with E-state index in [4.69, 9.17) is 14.2 Å². The third-order valence-corrected chi connectivity index (χ3v) is 3.52. The zero-order valence-corrected chi connectivity index (χ0v) is 15.8. The fraction of sp³-hybridized carbons (Fsp3) is 0.632. The molecule has 0 saturated heterocycles. The van der Waals surface area contributed by atoms with Crippen LogP contribution in [-0.2, 0) is 9.47 Å². The number of hydrogen-bond acceptors (Lipinski definition) is 4. The van der Waals surface area contributed by atoms with Crippen molar-refractivity contribution in [2.75, 3.05) is 53.2 Å². The minimum atomic E-state index is 0.581. The molecule has 1 aromatic rings. The Morgan fingerprint density at radius 2 is 1.64 bits per heavy atom. The van der Waals surface area contributed by atoms with Crippen LogP contribution in [0.1, 0.15) is 25.3 Å². The minimum absolute atomic E-state index is 0.581. The average Bonchev–Trinajstić information content (AvgIpc) is 2.63. The number of nitrogens with one attached hydrogen (secondary N) is 2. The number of aryl methyl sites for hydroxylation is 1. The molecule has 0 spiro atoms. The summed E-state index contributed by atoms with van der Waals surface area (Å²) in [4.78, 5) is 4.18. The van der Waals surface area contributed by atoms with Gasteiger partial charge in [-0.25, -0.2) is 0 Å². The van der Waals surface area contributed by atoms with Crippen molar-refractivity contribution in [2.24, 2.45) is 4.99 Å². The Labute approximate surface area is 152 Å². The van der Waals surface area contributed by atoms with Crippen LogP contribution in [0.5, 0.6) is 5.75 Å². The summed E-state index contributed by atoms with van der Waals surface area (Å²) < 4.78 is 16.7. The van der Waals surface area contributed by atoms with E-state index < -0.39 is 0 Å². The lowest BCUT2D eigenvalue weighted by atomic mass is 10.2. The molecule has 0 heterocycles. The molecule has 0 aromatic heterocycles. The van der Waals surface area contributed by atoms with Crippen molar-refractivity contribution in [3.8, 4) is 5.75 Å². The molecule has 2 N–H and O–H groups in total. The smallest absolute Gasteiger partial charge is 0.191 e. The van der Waals surface area contributed by atoms with Crippen molar-refractivity contribution in [3.05, 3.63) is 29.8 Å². The Hall–Kier alpha value is -1.79. The Bertz CT molecular complexity index is 481. The molecule has 0 unspecified atom stereocenters. The molecule has 0 aliphatic carbocycles. The van der Waals surface area contributed by atoms with Crippen LogP contribution >= 0.6 is 0 Å². The van der Waals surface area contributed by atoms with Gasteiger partial charge in [0.2, 0.25) is 0 Å². The summed E-state index contributed by atoms with van der Waals surface area (Å²) in [5.74, 6) is 1.66. The minimum Gasteiger partial charge on any atom is -0.491 e. The number of benzene rings is 1. The lowest BCUT2D eigenvalue weighted by Crippen LogP contribution is -2.40. The van der Waals surface area contributed by atoms with Crippen LogP contribution in [0.25, 0.3) is 0 Å². The molecule has 142 valence electrons. The van der Waals surface area contributed by atoms with E-state index in [1.165, 1.54) is 0 Å². The van der Waals surface area contributed by atoms with E-state index in [1.54, 1.807) is 7.05 Å². The van der Waals surface area contributed by atoms with E-state index in [1.807, 2.05) is 31.2 Å². The molecule has 0 aliphatic rings. The number of unbranched alkanes of at least 4 members (excludes halogenated alkanes) is 1. The van der Waals surface area contributed by atoms with Crippen molar-refractivity contribution in [1.29, 1.82) is 0 Å². The first-order valence-electron chi connectivity index (χ1n) is 9.06. The standard InChI is InChI=1S/C19H33N3O3/c1-4-5-12-23-15-16-24-13-10-21-19(20-3)22-11-14-25-18-9-7-6-8-17(18)2/h6-9H,4-5,10-16H2,1-3H3,(H2,20,21,22). The quantitative estimate of drug-likeness (QED) is 0.324. The fourth-order valence-corrected chi connectivity index (χ4v) is 2.08. The second-order valence-corrected chi connectivity index (χ2v) is 5.62. The van der Waals surface area contributed by atoms with E-state index in [0.29, 0.717) is 39.5 Å². The second-order valence-electron chi connectivity index (χ2n) is 5.62. The van der Waals surface area contributed by atoms with Crippen LogP contribution in [0, 0.1) is 6.92 Å². The van der Waals surface area contributed by atoms with Crippen LogP contribution in [0.2, 0.25) is 0 Å². The third kappa shape index (κ3) is 10.6. The van der Waals surface area contributed by atoms with Crippen LogP contribution in [-0.4, -0.2) is 59.1 Å². The predicted molar refractivity (Wildman–Crippen MR) is 103 cm³/mol. The molecule has 0 bridgehead atoms. The molecule has 0 radical (unpaired) electrons. The molecular weight excluding hydrogens is 318 g/mol. The highest BCUT2D eigenvalue weighted by Crippen LogP contribution is 2.15. The zero-order chi connectivity index (χ0) is 18.2. The lowest BCUT2D eigenvalue weighted by Gasteiger charge is -2.13. The molecule has 6 nitrogen and oxygen atoms in total. The van der Waals surface area contributed by atoms with Gasteiger partial charge in [-0.2, -0.15) is 0 Å². The average molecular weight is 351 g/mol. The van der Waals surface area contributed by atoms with E-state index in [0.717, 1.165) is 36.7 Å². The van der Waals surface area contributed by atoms with Gasteiger partial charge in [-0.05, 0) is 25.0 Å². The monoisotopic (exact) mass is 351 g/mol. The van der Waals surface area contributed by atoms with Gasteiger partial charge in [0.25, 0.3) is 0 Å². The maximum absolute atomic E-state index is 5.75. The highest BCUT2D eigenvalue weighted by molar-refractivity contribution is 5.79. The van der Waals surface area contributed by atoms with E-state index >= 15 is 0 Å². The summed E-state index contributed by atoms with van der Waals surface area (Å²) in [6.45, 7) is 8.88. The highest BCUT2D eigenvalue weighted by atomic mass is 16.5. The summed E-state index contributed by atoms with van der Waals surface area (Å²) in [5.41, 5.74) is 1.14. The van der Waals surface area contributed by atoms with Gasteiger partial charge in [-0.15, -0.1) is 0 Å². The number of nitrogens with zero attached hydrogens (tertiary/aromatic N) is 1. The number of rotatable bonds is 13. The predicted octanol–water partition coefficient (Wildman–Crippen LogP) is 2.37. The number of aliphatic imine (C=N–C) groups is 1. The third-order valence-electron chi connectivity index (χ3n) is 3.52. The Morgan fingerprint density at radius 3 is 2.32 bits per heavy atom. The molecule has 0 aliphatic heterocycles. The Morgan fingerprint density at radius 1 is 0.960 bits per heavy atom. The van der Waals surface area contributed by atoms with Crippen molar-refractivity contribution in [1.82, 2.24) is 10.6 Å². The maximum atomic E-state index is 5.75. The molecule has 0 atom stereocenters. The zero-order valence-electron chi connectivity index (χ0n) is 15.8. The molecule has 0 saturated carbocycles. The summed E-state index contributed by atoms with van der Waals surface area (Å²) in [7, 11) is 1.75. The second kappa shape index (κ2) is 14.5. The van der Waals surface area contributed by atoms with Crippen LogP contribution in [0.3, 0.4) is 0 Å². The van der Waals surface area contributed by atoms with Gasteiger partial charge in [-0.3, -0.25) is 4.99 Å². The van der Waals surface area contributed by atoms with Crippen molar-refractivity contribution >= 4 is 5.96 Å². The van der Waals surface area contributed by atoms with Gasteiger partial charge in [0.1, 0.15) is 12.4 Å². The van der Waals surface area contributed by atoms with Gasteiger partial charge in [0.05, 0.1) is 26.4 Å². The first-order valence-corrected chi connectivity index (χ1v) is 9.06. The van der Waals surface area contributed by atoms with E-state index in [-0.39, 0.29) is 0 Å². The largest absolute Gasteiger partial charge is 0.491 e. The number of guanidine groups is 1. The van der Waals surface area contributed by atoms with Crippen LogP contribution < -0.4 is 15.4 Å². The normalized spacial score (nSPS) is 11.4. The Balaban J connectivity index is 2.00. The molecular formula is C19H33N3O3. The fourth-order valence-electron chi connectivity index (χ4n) is 2.08. The van der Waals surface area contributed by atoms with Crippen molar-refractivity contribution < 1.29 is 14.2 Å². The lowest BCUT2D eigenvalue weighted by molar-refractivity contribution is 0.0487. The molecule has 0 fully saturated rings. The SMILES string of the molecule is CCCCOCCOCCNC(=NC)NCCOc1ccccc1C. The summed E-state index contributed by atoms with van der Waals surface area (Å²) >= 11 is 0.